The van der Waals surface area contributed by atoms with Gasteiger partial charge in [0.1, 0.15) is 5.58 Å². The number of fused-ring (bicyclic) bond motifs is 2. The van der Waals surface area contributed by atoms with E-state index in [0.717, 1.165) is 35.9 Å². The minimum atomic E-state index is -0.231. The van der Waals surface area contributed by atoms with E-state index in [-0.39, 0.29) is 17.5 Å². The number of rotatable bonds is 2. The van der Waals surface area contributed by atoms with Crippen LogP contribution in [0.2, 0.25) is 0 Å². The molecule has 0 aliphatic heterocycles. The first-order valence-electron chi connectivity index (χ1n) is 7.72. The van der Waals surface area contributed by atoms with E-state index in [0.29, 0.717) is 11.3 Å². The molecule has 1 aromatic carbocycles. The first kappa shape index (κ1) is 13.8. The van der Waals surface area contributed by atoms with Crippen molar-refractivity contribution in [1.29, 1.82) is 0 Å². The maximum absolute atomic E-state index is 12.5. The predicted molar refractivity (Wildman–Crippen MR) is 86.4 cm³/mol. The van der Waals surface area contributed by atoms with Crippen LogP contribution < -0.4 is 10.9 Å². The average Bonchev–Trinajstić information content (AvgIpc) is 2.99. The monoisotopic (exact) mass is 308 g/mol. The van der Waals surface area contributed by atoms with E-state index in [1.807, 2.05) is 24.3 Å². The van der Waals surface area contributed by atoms with Gasteiger partial charge in [0, 0.05) is 17.1 Å². The fourth-order valence-corrected chi connectivity index (χ4v) is 3.17. The molecule has 2 aromatic heterocycles. The number of furan rings is 1. The maximum Gasteiger partial charge on any atom is 0.287 e. The standard InChI is InChI=1S/C18H16N2O3/c21-17-9-8-12-13(19-17)5-3-6-14(12)20-18(22)16-10-11-4-1-2-7-15(11)23-16/h1-2,4,7-10,14H,3,5-6H2,(H,19,21)(H,20,22). The second-order valence-corrected chi connectivity index (χ2v) is 5.82. The summed E-state index contributed by atoms with van der Waals surface area (Å²) < 4.78 is 5.61. The highest BCUT2D eigenvalue weighted by atomic mass is 16.3. The van der Waals surface area contributed by atoms with E-state index in [9.17, 15) is 9.59 Å². The van der Waals surface area contributed by atoms with Gasteiger partial charge >= 0.3 is 0 Å². The Balaban J connectivity index is 1.61. The molecule has 0 saturated heterocycles. The number of pyridine rings is 1. The lowest BCUT2D eigenvalue weighted by Crippen LogP contribution is -2.31. The van der Waals surface area contributed by atoms with Crippen LogP contribution in [0, 0.1) is 0 Å². The van der Waals surface area contributed by atoms with Crippen LogP contribution in [0.3, 0.4) is 0 Å². The molecule has 0 bridgehead atoms. The van der Waals surface area contributed by atoms with Crippen LogP contribution in [0.5, 0.6) is 0 Å². The summed E-state index contributed by atoms with van der Waals surface area (Å²) in [4.78, 5) is 26.8. The van der Waals surface area contributed by atoms with Crippen molar-refractivity contribution in [2.75, 3.05) is 0 Å². The van der Waals surface area contributed by atoms with E-state index in [2.05, 4.69) is 10.3 Å². The third-order valence-electron chi connectivity index (χ3n) is 4.29. The number of carbonyl (C=O) groups is 1. The lowest BCUT2D eigenvalue weighted by molar-refractivity contribution is 0.0906. The number of aromatic nitrogens is 1. The molecule has 116 valence electrons. The van der Waals surface area contributed by atoms with Gasteiger partial charge in [0.05, 0.1) is 6.04 Å². The molecular weight excluding hydrogens is 292 g/mol. The van der Waals surface area contributed by atoms with E-state index >= 15 is 0 Å². The normalized spacial score (nSPS) is 17.0. The molecular formula is C18H16N2O3. The van der Waals surface area contributed by atoms with Gasteiger partial charge in [-0.05, 0) is 43.0 Å². The van der Waals surface area contributed by atoms with Gasteiger partial charge in [0.2, 0.25) is 5.56 Å². The van der Waals surface area contributed by atoms with Crippen molar-refractivity contribution in [3.8, 4) is 0 Å². The highest BCUT2D eigenvalue weighted by molar-refractivity contribution is 5.96. The van der Waals surface area contributed by atoms with E-state index < -0.39 is 0 Å². The van der Waals surface area contributed by atoms with Gasteiger partial charge in [0.25, 0.3) is 5.91 Å². The fourth-order valence-electron chi connectivity index (χ4n) is 3.17. The number of hydrogen-bond donors (Lipinski definition) is 2. The third-order valence-corrected chi connectivity index (χ3v) is 4.29. The molecule has 23 heavy (non-hydrogen) atoms. The molecule has 2 N–H and O–H groups in total. The van der Waals surface area contributed by atoms with Crippen LogP contribution in [0.1, 0.15) is 40.7 Å². The zero-order chi connectivity index (χ0) is 15.8. The van der Waals surface area contributed by atoms with Crippen LogP contribution >= 0.6 is 0 Å². The Morgan fingerprint density at radius 1 is 1.22 bits per heavy atom. The summed E-state index contributed by atoms with van der Waals surface area (Å²) in [5.41, 5.74) is 2.50. The summed E-state index contributed by atoms with van der Waals surface area (Å²) in [5, 5.41) is 3.93. The Labute approximate surface area is 132 Å². The molecule has 5 heteroatoms. The number of amides is 1. The highest BCUT2D eigenvalue weighted by Crippen LogP contribution is 2.28. The average molecular weight is 308 g/mol. The summed E-state index contributed by atoms with van der Waals surface area (Å²) in [6.07, 6.45) is 2.62. The minimum absolute atomic E-state index is 0.101. The number of para-hydroxylation sites is 1. The molecule has 0 fully saturated rings. The van der Waals surface area contributed by atoms with Crippen LogP contribution in [0.25, 0.3) is 11.0 Å². The number of hydrogen-bond acceptors (Lipinski definition) is 3. The number of aryl methyl sites for hydroxylation is 1. The zero-order valence-electron chi connectivity index (χ0n) is 12.5. The van der Waals surface area contributed by atoms with Crippen LogP contribution in [0.15, 0.2) is 51.7 Å². The number of benzene rings is 1. The molecule has 1 aliphatic rings. The molecule has 5 nitrogen and oxygen atoms in total. The topological polar surface area (TPSA) is 75.1 Å². The quantitative estimate of drug-likeness (QED) is 0.764. The van der Waals surface area contributed by atoms with Crippen molar-refractivity contribution in [3.05, 3.63) is 69.8 Å². The maximum atomic E-state index is 12.5. The summed E-state index contributed by atoms with van der Waals surface area (Å²) >= 11 is 0. The van der Waals surface area contributed by atoms with E-state index in [1.165, 1.54) is 6.07 Å². The van der Waals surface area contributed by atoms with Crippen molar-refractivity contribution in [2.45, 2.75) is 25.3 Å². The van der Waals surface area contributed by atoms with Gasteiger partial charge < -0.3 is 14.7 Å². The second kappa shape index (κ2) is 5.43. The summed E-state index contributed by atoms with van der Waals surface area (Å²) in [7, 11) is 0. The Morgan fingerprint density at radius 2 is 2.09 bits per heavy atom. The lowest BCUT2D eigenvalue weighted by Gasteiger charge is -2.25. The van der Waals surface area contributed by atoms with Gasteiger partial charge in [-0.25, -0.2) is 0 Å². The zero-order valence-corrected chi connectivity index (χ0v) is 12.5. The second-order valence-electron chi connectivity index (χ2n) is 5.82. The first-order chi connectivity index (χ1) is 11.2. The van der Waals surface area contributed by atoms with Gasteiger partial charge in [-0.1, -0.05) is 18.2 Å². The Morgan fingerprint density at radius 3 is 2.96 bits per heavy atom. The van der Waals surface area contributed by atoms with Crippen molar-refractivity contribution in [2.24, 2.45) is 0 Å². The van der Waals surface area contributed by atoms with Crippen molar-refractivity contribution in [3.63, 3.8) is 0 Å². The number of aromatic amines is 1. The Kier molecular flexibility index (Phi) is 3.26. The molecule has 0 radical (unpaired) electrons. The van der Waals surface area contributed by atoms with Crippen LogP contribution in [-0.4, -0.2) is 10.9 Å². The first-order valence-corrected chi connectivity index (χ1v) is 7.72. The molecule has 1 aliphatic carbocycles. The third kappa shape index (κ3) is 2.54. The van der Waals surface area contributed by atoms with Gasteiger partial charge in [-0.2, -0.15) is 0 Å². The largest absolute Gasteiger partial charge is 0.451 e. The Hall–Kier alpha value is -2.82. The summed E-state index contributed by atoms with van der Waals surface area (Å²) in [5.74, 6) is 0.0769. The highest BCUT2D eigenvalue weighted by Gasteiger charge is 2.24. The van der Waals surface area contributed by atoms with Crippen molar-refractivity contribution < 1.29 is 9.21 Å². The molecule has 1 atom stereocenters. The van der Waals surface area contributed by atoms with Gasteiger partial charge in [-0.15, -0.1) is 0 Å². The van der Waals surface area contributed by atoms with Crippen LogP contribution in [-0.2, 0) is 6.42 Å². The van der Waals surface area contributed by atoms with Gasteiger partial charge in [-0.3, -0.25) is 9.59 Å². The van der Waals surface area contributed by atoms with Crippen LogP contribution in [0.4, 0.5) is 0 Å². The minimum Gasteiger partial charge on any atom is -0.451 e. The van der Waals surface area contributed by atoms with E-state index in [1.54, 1.807) is 12.1 Å². The smallest absolute Gasteiger partial charge is 0.287 e. The molecule has 4 rings (SSSR count). The molecule has 1 amide bonds. The number of carbonyl (C=O) groups excluding carboxylic acids is 1. The summed E-state index contributed by atoms with van der Waals surface area (Å²) in [6, 6.07) is 12.5. The van der Waals surface area contributed by atoms with E-state index in [4.69, 9.17) is 4.42 Å². The molecule has 0 saturated carbocycles. The molecule has 2 heterocycles. The molecule has 1 unspecified atom stereocenters. The van der Waals surface area contributed by atoms with Crippen molar-refractivity contribution in [1.82, 2.24) is 10.3 Å². The SMILES string of the molecule is O=C(NC1CCCc2[nH]c(=O)ccc21)c1cc2ccccc2o1. The molecule has 3 aromatic rings. The fraction of sp³-hybridized carbons (Fsp3) is 0.222. The number of H-pyrrole nitrogens is 1. The predicted octanol–water partition coefficient (Wildman–Crippen LogP) is 2.93. The van der Waals surface area contributed by atoms with Crippen molar-refractivity contribution >= 4 is 16.9 Å². The summed E-state index contributed by atoms with van der Waals surface area (Å²) in [6.45, 7) is 0. The number of nitrogens with one attached hydrogen (secondary N) is 2. The van der Waals surface area contributed by atoms with Gasteiger partial charge in [0.15, 0.2) is 5.76 Å². The lowest BCUT2D eigenvalue weighted by atomic mass is 9.91. The molecule has 0 spiro atoms. The Bertz CT molecular complexity index is 906.